The molecular weight excluding hydrogens is 433 g/mol. The summed E-state index contributed by atoms with van der Waals surface area (Å²) >= 11 is 0. The molecule has 0 N–H and O–H groups in total. The van der Waals surface area contributed by atoms with E-state index in [-0.39, 0.29) is 37.0 Å². The number of hydrogen-bond donors (Lipinski definition) is 0. The third-order valence-electron chi connectivity index (χ3n) is 5.49. The number of imidazole rings is 2. The van der Waals surface area contributed by atoms with Gasteiger partial charge < -0.3 is 0 Å². The van der Waals surface area contributed by atoms with Crippen LogP contribution in [0.25, 0.3) is 16.8 Å². The molecular formula is C17H20ClF3N4O3S. The predicted octanol–water partition coefficient (Wildman–Crippen LogP) is 2.77. The molecule has 1 aliphatic heterocycles. The molecule has 1 saturated heterocycles. The summed E-state index contributed by atoms with van der Waals surface area (Å²) in [6.07, 6.45) is 1.28. The number of hydrogen-bond acceptors (Lipinski definition) is 4. The summed E-state index contributed by atoms with van der Waals surface area (Å²) in [7, 11) is -5.26. The molecule has 12 heteroatoms. The lowest BCUT2D eigenvalue weighted by Crippen LogP contribution is -2.45. The van der Waals surface area contributed by atoms with Crippen LogP contribution in [-0.4, -0.2) is 45.3 Å². The van der Waals surface area contributed by atoms with Crippen LogP contribution in [0.3, 0.4) is 0 Å². The molecule has 0 saturated carbocycles. The van der Waals surface area contributed by atoms with Crippen LogP contribution in [0.2, 0.25) is 0 Å². The van der Waals surface area contributed by atoms with Crippen molar-refractivity contribution in [3.8, 4) is 0 Å². The van der Waals surface area contributed by atoms with Crippen LogP contribution in [0.1, 0.15) is 25.0 Å². The Morgan fingerprint density at radius 1 is 1.21 bits per heavy atom. The molecule has 1 fully saturated rings. The largest absolute Gasteiger partial charge is 0.511 e. The topological polar surface area (TPSA) is 76.7 Å². The molecule has 0 aliphatic carbocycles. The minimum Gasteiger partial charge on any atom is -0.292 e. The van der Waals surface area contributed by atoms with E-state index in [1.807, 2.05) is 22.6 Å². The minimum atomic E-state index is -5.26. The normalized spacial score (nSPS) is 17.2. The van der Waals surface area contributed by atoms with Gasteiger partial charge in [-0.1, -0.05) is 6.07 Å². The SMILES string of the molecule is Cc1nc2cccc3n(CCC4CCN(S(=O)(=O)C(F)(F)F)CC4)c(=O)c1n23.Cl. The fraction of sp³-hybridized carbons (Fsp3) is 0.529. The van der Waals surface area contributed by atoms with Crippen molar-refractivity contribution in [1.29, 1.82) is 0 Å². The van der Waals surface area contributed by atoms with Crippen molar-refractivity contribution in [3.05, 3.63) is 34.2 Å². The van der Waals surface area contributed by atoms with Crippen LogP contribution in [0.15, 0.2) is 23.0 Å². The molecule has 3 aromatic heterocycles. The highest BCUT2D eigenvalue weighted by molar-refractivity contribution is 7.90. The van der Waals surface area contributed by atoms with Gasteiger partial charge in [-0.05, 0) is 44.2 Å². The summed E-state index contributed by atoms with van der Waals surface area (Å²) in [6.45, 7) is 1.90. The molecule has 0 radical (unpaired) electrons. The van der Waals surface area contributed by atoms with Gasteiger partial charge in [0, 0.05) is 19.6 Å². The van der Waals surface area contributed by atoms with Crippen LogP contribution >= 0.6 is 12.4 Å². The molecule has 0 spiro atoms. The minimum absolute atomic E-state index is 0. The average Bonchev–Trinajstić information content (AvgIpc) is 3.12. The van der Waals surface area contributed by atoms with Crippen molar-refractivity contribution in [2.45, 2.75) is 38.2 Å². The first-order valence-electron chi connectivity index (χ1n) is 8.97. The van der Waals surface area contributed by atoms with Gasteiger partial charge >= 0.3 is 15.5 Å². The van der Waals surface area contributed by atoms with E-state index in [4.69, 9.17) is 0 Å². The van der Waals surface area contributed by atoms with Crippen molar-refractivity contribution < 1.29 is 21.6 Å². The van der Waals surface area contributed by atoms with Crippen molar-refractivity contribution in [3.63, 3.8) is 0 Å². The maximum absolute atomic E-state index is 12.8. The van der Waals surface area contributed by atoms with E-state index in [0.29, 0.717) is 47.0 Å². The first-order chi connectivity index (χ1) is 13.1. The fourth-order valence-corrected chi connectivity index (χ4v) is 4.98. The lowest BCUT2D eigenvalue weighted by Gasteiger charge is -2.31. The van der Waals surface area contributed by atoms with Crippen LogP contribution in [0.4, 0.5) is 13.2 Å². The van der Waals surface area contributed by atoms with Gasteiger partial charge in [0.25, 0.3) is 5.56 Å². The highest BCUT2D eigenvalue weighted by Gasteiger charge is 2.50. The van der Waals surface area contributed by atoms with Crippen LogP contribution < -0.4 is 5.56 Å². The lowest BCUT2D eigenvalue weighted by atomic mass is 9.95. The molecule has 0 atom stereocenters. The zero-order valence-electron chi connectivity index (χ0n) is 15.5. The van der Waals surface area contributed by atoms with E-state index in [9.17, 15) is 26.4 Å². The van der Waals surface area contributed by atoms with E-state index in [1.165, 1.54) is 0 Å². The van der Waals surface area contributed by atoms with Gasteiger partial charge in [0.05, 0.1) is 5.69 Å². The maximum Gasteiger partial charge on any atom is 0.511 e. The molecule has 160 valence electrons. The molecule has 3 aromatic rings. The van der Waals surface area contributed by atoms with Gasteiger partial charge in [0.2, 0.25) is 0 Å². The molecule has 1 aliphatic rings. The molecule has 0 unspecified atom stereocenters. The number of aromatic nitrogens is 3. The quantitative estimate of drug-likeness (QED) is 0.610. The van der Waals surface area contributed by atoms with Crippen molar-refractivity contribution in [2.24, 2.45) is 5.92 Å². The predicted molar refractivity (Wildman–Crippen MR) is 104 cm³/mol. The Bertz CT molecular complexity index is 1180. The molecule has 7 nitrogen and oxygen atoms in total. The summed E-state index contributed by atoms with van der Waals surface area (Å²) < 4.78 is 65.0. The molecule has 4 heterocycles. The van der Waals surface area contributed by atoms with Gasteiger partial charge in [-0.15, -0.1) is 12.4 Å². The Hall–Kier alpha value is -1.85. The Balaban J connectivity index is 0.00000240. The zero-order valence-corrected chi connectivity index (χ0v) is 17.1. The number of sulfonamides is 1. The third-order valence-corrected chi connectivity index (χ3v) is 7.12. The van der Waals surface area contributed by atoms with Crippen LogP contribution in [0, 0.1) is 12.8 Å². The second kappa shape index (κ2) is 7.44. The van der Waals surface area contributed by atoms with Crippen molar-refractivity contribution >= 4 is 39.2 Å². The molecule has 4 rings (SSSR count). The Morgan fingerprint density at radius 2 is 1.86 bits per heavy atom. The number of nitrogens with zero attached hydrogens (tertiary/aromatic N) is 4. The second-order valence-corrected chi connectivity index (χ2v) is 9.09. The van der Waals surface area contributed by atoms with Gasteiger partial charge in [-0.25, -0.2) is 13.4 Å². The van der Waals surface area contributed by atoms with E-state index < -0.39 is 15.5 Å². The fourth-order valence-electron chi connectivity index (χ4n) is 4.00. The van der Waals surface area contributed by atoms with Crippen molar-refractivity contribution in [2.75, 3.05) is 13.1 Å². The maximum atomic E-state index is 12.8. The lowest BCUT2D eigenvalue weighted by molar-refractivity contribution is -0.0497. The highest BCUT2D eigenvalue weighted by Crippen LogP contribution is 2.31. The summed E-state index contributed by atoms with van der Waals surface area (Å²) in [5, 5.41) is 0. The summed E-state index contributed by atoms with van der Waals surface area (Å²) in [6, 6.07) is 5.49. The Kier molecular flexibility index (Phi) is 5.61. The van der Waals surface area contributed by atoms with Gasteiger partial charge in [0.1, 0.15) is 16.8 Å². The van der Waals surface area contributed by atoms with Crippen LogP contribution in [0.5, 0.6) is 0 Å². The zero-order chi connectivity index (χ0) is 20.3. The number of alkyl halides is 3. The monoisotopic (exact) mass is 452 g/mol. The second-order valence-electron chi connectivity index (χ2n) is 7.16. The Morgan fingerprint density at radius 3 is 2.48 bits per heavy atom. The summed E-state index contributed by atoms with van der Waals surface area (Å²) in [4.78, 5) is 17.2. The van der Waals surface area contributed by atoms with Crippen LogP contribution in [-0.2, 0) is 16.6 Å². The standard InChI is InChI=1S/C17H19F3N4O3S.ClH/c1-11-15-16(25)23(14-4-2-3-13(21-11)24(14)15)10-7-12-5-8-22(9-6-12)28(26,27)17(18,19)20;/h2-4,12H,5-10H2,1H3;1H. The molecule has 29 heavy (non-hydrogen) atoms. The first kappa shape index (κ1) is 21.8. The number of halogens is 4. The first-order valence-corrected chi connectivity index (χ1v) is 10.4. The molecule has 0 amide bonds. The average molecular weight is 453 g/mol. The van der Waals surface area contributed by atoms with E-state index in [2.05, 4.69) is 4.98 Å². The van der Waals surface area contributed by atoms with E-state index in [1.54, 1.807) is 11.5 Å². The van der Waals surface area contributed by atoms with Crippen molar-refractivity contribution in [1.82, 2.24) is 18.3 Å². The third kappa shape index (κ3) is 3.49. The molecule has 0 bridgehead atoms. The van der Waals surface area contributed by atoms with E-state index in [0.717, 1.165) is 5.65 Å². The molecule has 0 aromatic carbocycles. The number of piperidine rings is 1. The summed E-state index contributed by atoms with van der Waals surface area (Å²) in [5.74, 6) is 0.0610. The van der Waals surface area contributed by atoms with Gasteiger partial charge in [0.15, 0.2) is 0 Å². The van der Waals surface area contributed by atoms with Gasteiger partial charge in [-0.3, -0.25) is 13.8 Å². The number of pyridine rings is 1. The smallest absolute Gasteiger partial charge is 0.292 e. The Labute approximate surface area is 170 Å². The highest BCUT2D eigenvalue weighted by atomic mass is 35.5. The van der Waals surface area contributed by atoms with E-state index >= 15 is 0 Å². The van der Waals surface area contributed by atoms with Gasteiger partial charge in [-0.2, -0.15) is 17.5 Å². The number of aryl methyl sites for hydroxylation is 2. The summed E-state index contributed by atoms with van der Waals surface area (Å²) in [5.41, 5.74) is -2.77. The number of rotatable bonds is 4.